The molecular weight excluding hydrogens is 392 g/mol. The fourth-order valence-corrected chi connectivity index (χ4v) is 4.61. The molecule has 0 radical (unpaired) electrons. The summed E-state index contributed by atoms with van der Waals surface area (Å²) in [6.45, 7) is 2.02. The number of benzene rings is 1. The summed E-state index contributed by atoms with van der Waals surface area (Å²) < 4.78 is 8.21. The maximum absolute atomic E-state index is 11.9. The van der Waals surface area contributed by atoms with Gasteiger partial charge in [0.15, 0.2) is 11.4 Å². The van der Waals surface area contributed by atoms with Crippen molar-refractivity contribution in [3.05, 3.63) is 48.4 Å². The average molecular weight is 414 g/mol. The molecule has 1 amide bonds. The van der Waals surface area contributed by atoms with Crippen LogP contribution in [-0.2, 0) is 11.2 Å². The second kappa shape index (κ2) is 6.95. The van der Waals surface area contributed by atoms with E-state index in [0.717, 1.165) is 59.3 Å². The molecule has 4 N–H and O–H groups in total. The van der Waals surface area contributed by atoms with Crippen LogP contribution in [0, 0.1) is 0 Å². The van der Waals surface area contributed by atoms with E-state index >= 15 is 0 Å². The maximum atomic E-state index is 11.9. The number of para-hydroxylation sites is 1. The number of hydrogen-bond acceptors (Lipinski definition) is 6. The van der Waals surface area contributed by atoms with Crippen LogP contribution in [-0.4, -0.2) is 33.8 Å². The molecule has 0 bridgehead atoms. The average Bonchev–Trinajstić information content (AvgIpc) is 3.52. The molecule has 0 spiro atoms. The molecule has 5 heterocycles. The van der Waals surface area contributed by atoms with Gasteiger partial charge in [0.25, 0.3) is 0 Å². The summed E-state index contributed by atoms with van der Waals surface area (Å²) in [6.07, 6.45) is 8.25. The van der Waals surface area contributed by atoms with E-state index in [1.807, 2.05) is 30.5 Å². The SMILES string of the molecule is Nc1ncc(-c2cnn(C3CCNCC3)c2)c2cc(-c3cccc4c3NC(=O)C4)oc12. The largest absolute Gasteiger partial charge is 0.452 e. The van der Waals surface area contributed by atoms with Gasteiger partial charge in [-0.25, -0.2) is 4.98 Å². The number of anilines is 2. The first kappa shape index (κ1) is 18.1. The van der Waals surface area contributed by atoms with Gasteiger partial charge >= 0.3 is 0 Å². The van der Waals surface area contributed by atoms with Gasteiger partial charge in [0.2, 0.25) is 5.91 Å². The zero-order chi connectivity index (χ0) is 20.9. The number of furan rings is 1. The van der Waals surface area contributed by atoms with Gasteiger partial charge in [-0.2, -0.15) is 5.10 Å². The standard InChI is InChI=1S/C23H22N6O2/c24-23-22-17(9-19(31-22)16-3-1-2-13-8-20(30)28-21(13)16)18(11-26-23)14-10-27-29(12-14)15-4-6-25-7-5-15/h1-3,9-12,15,25H,4-8H2,(H2,24,26)(H,28,30). The molecule has 1 saturated heterocycles. The van der Waals surface area contributed by atoms with Crippen molar-refractivity contribution in [3.8, 4) is 22.5 Å². The van der Waals surface area contributed by atoms with E-state index in [1.54, 1.807) is 6.20 Å². The Hall–Kier alpha value is -3.65. The lowest BCUT2D eigenvalue weighted by molar-refractivity contribution is -0.115. The summed E-state index contributed by atoms with van der Waals surface area (Å²) in [5.41, 5.74) is 11.2. The van der Waals surface area contributed by atoms with E-state index in [-0.39, 0.29) is 5.91 Å². The van der Waals surface area contributed by atoms with Crippen molar-refractivity contribution in [1.82, 2.24) is 20.1 Å². The minimum absolute atomic E-state index is 0.00856. The first-order valence-corrected chi connectivity index (χ1v) is 10.5. The Balaban J connectivity index is 1.45. The Bertz CT molecular complexity index is 1320. The third-order valence-corrected chi connectivity index (χ3v) is 6.21. The van der Waals surface area contributed by atoms with Gasteiger partial charge in [-0.1, -0.05) is 12.1 Å². The molecule has 156 valence electrons. The molecule has 4 aromatic rings. The van der Waals surface area contributed by atoms with Crippen molar-refractivity contribution in [2.75, 3.05) is 24.1 Å². The zero-order valence-corrected chi connectivity index (χ0v) is 16.9. The van der Waals surface area contributed by atoms with Crippen LogP contribution in [0.2, 0.25) is 0 Å². The van der Waals surface area contributed by atoms with Gasteiger partial charge in [-0.3, -0.25) is 9.48 Å². The number of pyridine rings is 1. The van der Waals surface area contributed by atoms with Gasteiger partial charge in [-0.15, -0.1) is 0 Å². The molecule has 1 aromatic carbocycles. The van der Waals surface area contributed by atoms with Crippen LogP contribution in [0.3, 0.4) is 0 Å². The number of carbonyl (C=O) groups is 1. The van der Waals surface area contributed by atoms with Crippen LogP contribution in [0.5, 0.6) is 0 Å². The predicted octanol–water partition coefficient (Wildman–Crippen LogP) is 3.36. The molecule has 31 heavy (non-hydrogen) atoms. The Kier molecular flexibility index (Phi) is 4.07. The number of carbonyl (C=O) groups excluding carboxylic acids is 1. The van der Waals surface area contributed by atoms with Crippen molar-refractivity contribution in [2.45, 2.75) is 25.3 Å². The van der Waals surface area contributed by atoms with Gasteiger partial charge in [0.1, 0.15) is 5.76 Å². The van der Waals surface area contributed by atoms with Crippen molar-refractivity contribution in [2.24, 2.45) is 0 Å². The number of piperidine rings is 1. The van der Waals surface area contributed by atoms with Gasteiger partial charge in [0, 0.05) is 34.5 Å². The first-order valence-electron chi connectivity index (χ1n) is 10.5. The molecule has 0 saturated carbocycles. The summed E-state index contributed by atoms with van der Waals surface area (Å²) in [6, 6.07) is 8.22. The second-order valence-electron chi connectivity index (χ2n) is 8.17. The topological polar surface area (TPSA) is 111 Å². The minimum Gasteiger partial charge on any atom is -0.452 e. The first-order chi connectivity index (χ1) is 15.2. The minimum atomic E-state index is -0.00856. The summed E-state index contributed by atoms with van der Waals surface area (Å²) in [4.78, 5) is 16.3. The monoisotopic (exact) mass is 414 g/mol. The lowest BCUT2D eigenvalue weighted by Gasteiger charge is -2.22. The van der Waals surface area contributed by atoms with E-state index in [1.165, 1.54) is 0 Å². The molecule has 0 unspecified atom stereocenters. The van der Waals surface area contributed by atoms with Gasteiger partial charge in [0.05, 0.1) is 24.3 Å². The number of nitrogens with zero attached hydrogens (tertiary/aromatic N) is 3. The molecule has 8 heteroatoms. The molecule has 2 aliphatic rings. The highest BCUT2D eigenvalue weighted by molar-refractivity contribution is 6.05. The van der Waals surface area contributed by atoms with Crippen molar-refractivity contribution in [1.29, 1.82) is 0 Å². The Labute approximate surface area is 178 Å². The third-order valence-electron chi connectivity index (χ3n) is 6.21. The lowest BCUT2D eigenvalue weighted by Crippen LogP contribution is -2.29. The molecular formula is C23H22N6O2. The maximum Gasteiger partial charge on any atom is 0.228 e. The van der Waals surface area contributed by atoms with Crippen LogP contribution in [0.25, 0.3) is 33.4 Å². The normalized spacial score (nSPS) is 16.6. The van der Waals surface area contributed by atoms with Gasteiger partial charge < -0.3 is 20.8 Å². The van der Waals surface area contributed by atoms with E-state index in [4.69, 9.17) is 10.2 Å². The van der Waals surface area contributed by atoms with Crippen molar-refractivity contribution < 1.29 is 9.21 Å². The van der Waals surface area contributed by atoms with E-state index in [2.05, 4.69) is 31.6 Å². The summed E-state index contributed by atoms with van der Waals surface area (Å²) in [7, 11) is 0. The molecule has 0 aliphatic carbocycles. The van der Waals surface area contributed by atoms with Crippen LogP contribution < -0.4 is 16.4 Å². The highest BCUT2D eigenvalue weighted by Crippen LogP contribution is 2.41. The zero-order valence-electron chi connectivity index (χ0n) is 16.9. The van der Waals surface area contributed by atoms with Gasteiger partial charge in [-0.05, 0) is 43.6 Å². The fourth-order valence-electron chi connectivity index (χ4n) is 4.61. The van der Waals surface area contributed by atoms with Crippen LogP contribution in [0.15, 0.2) is 47.3 Å². The number of amides is 1. The van der Waals surface area contributed by atoms with Crippen LogP contribution in [0.1, 0.15) is 24.4 Å². The van der Waals surface area contributed by atoms with Crippen LogP contribution >= 0.6 is 0 Å². The quantitative estimate of drug-likeness (QED) is 0.474. The molecule has 6 rings (SSSR count). The molecule has 0 atom stereocenters. The number of nitrogens with two attached hydrogens (primary N) is 1. The smallest absolute Gasteiger partial charge is 0.228 e. The summed E-state index contributed by atoms with van der Waals surface area (Å²) >= 11 is 0. The number of fused-ring (bicyclic) bond motifs is 2. The number of nitrogens with one attached hydrogen (secondary N) is 2. The van der Waals surface area contributed by atoms with E-state index in [9.17, 15) is 4.79 Å². The third kappa shape index (κ3) is 2.98. The number of aromatic nitrogens is 3. The number of hydrogen-bond donors (Lipinski definition) is 3. The summed E-state index contributed by atoms with van der Waals surface area (Å²) in [5.74, 6) is 0.985. The lowest BCUT2D eigenvalue weighted by atomic mass is 10.0. The van der Waals surface area contributed by atoms with Crippen molar-refractivity contribution in [3.63, 3.8) is 0 Å². The highest BCUT2D eigenvalue weighted by Gasteiger charge is 2.24. The van der Waals surface area contributed by atoms with E-state index < -0.39 is 0 Å². The summed E-state index contributed by atoms with van der Waals surface area (Å²) in [5, 5.41) is 11.8. The molecule has 2 aliphatic heterocycles. The van der Waals surface area contributed by atoms with Crippen molar-refractivity contribution >= 4 is 28.4 Å². The number of rotatable bonds is 3. The van der Waals surface area contributed by atoms with Crippen LogP contribution in [0.4, 0.5) is 11.5 Å². The fraction of sp³-hybridized carbons (Fsp3) is 0.261. The Morgan fingerprint density at radius 3 is 2.90 bits per heavy atom. The molecule has 8 nitrogen and oxygen atoms in total. The predicted molar refractivity (Wildman–Crippen MR) is 119 cm³/mol. The second-order valence-corrected chi connectivity index (χ2v) is 8.17. The molecule has 3 aromatic heterocycles. The Morgan fingerprint density at radius 1 is 1.16 bits per heavy atom. The van der Waals surface area contributed by atoms with E-state index in [0.29, 0.717) is 29.6 Å². The highest BCUT2D eigenvalue weighted by atomic mass is 16.3. The number of nitrogen functional groups attached to an aromatic ring is 1. The molecule has 1 fully saturated rings. The Morgan fingerprint density at radius 2 is 2.03 bits per heavy atom.